The molecule has 0 fully saturated rings. The molecule has 0 aliphatic carbocycles. The highest BCUT2D eigenvalue weighted by Gasteiger charge is 2.23. The first-order chi connectivity index (χ1) is 9.04. The number of H-pyrrole nitrogens is 1. The molecule has 0 aromatic carbocycles. The summed E-state index contributed by atoms with van der Waals surface area (Å²) in [6, 6.07) is 0. The number of hydrogen-bond acceptors (Lipinski definition) is 4. The van der Waals surface area contributed by atoms with Gasteiger partial charge in [0.15, 0.2) is 5.76 Å². The molecule has 0 atom stereocenters. The molecule has 0 unspecified atom stereocenters. The van der Waals surface area contributed by atoms with Crippen LogP contribution in [-0.2, 0) is 6.42 Å². The molecule has 2 N–H and O–H groups in total. The minimum Gasteiger partial charge on any atom is -0.360 e. The lowest BCUT2D eigenvalue weighted by Gasteiger charge is -2.06. The Morgan fingerprint density at radius 3 is 2.89 bits per heavy atom. The van der Waals surface area contributed by atoms with Crippen molar-refractivity contribution in [2.75, 3.05) is 5.32 Å². The third-order valence-corrected chi connectivity index (χ3v) is 2.98. The van der Waals surface area contributed by atoms with Crippen molar-refractivity contribution in [3.8, 4) is 0 Å². The van der Waals surface area contributed by atoms with Crippen LogP contribution < -0.4 is 5.32 Å². The monoisotopic (exact) mass is 262 g/mol. The number of carbonyl (C=O) groups is 1. The van der Waals surface area contributed by atoms with Crippen molar-refractivity contribution < 1.29 is 9.32 Å². The number of rotatable bonds is 4. The fraction of sp³-hybridized carbons (Fsp3) is 0.462. The summed E-state index contributed by atoms with van der Waals surface area (Å²) in [5.41, 5.74) is 2.07. The van der Waals surface area contributed by atoms with Crippen molar-refractivity contribution in [1.82, 2.24) is 15.4 Å². The number of aromatic nitrogens is 3. The van der Waals surface area contributed by atoms with E-state index >= 15 is 0 Å². The zero-order valence-electron chi connectivity index (χ0n) is 11.6. The summed E-state index contributed by atoms with van der Waals surface area (Å²) >= 11 is 0. The Morgan fingerprint density at radius 1 is 1.53 bits per heavy atom. The Balaban J connectivity index is 2.28. The van der Waals surface area contributed by atoms with E-state index in [1.807, 2.05) is 20.8 Å². The van der Waals surface area contributed by atoms with Crippen molar-refractivity contribution in [2.24, 2.45) is 0 Å². The Bertz CT molecular complexity index is 583. The maximum absolute atomic E-state index is 12.3. The van der Waals surface area contributed by atoms with Crippen LogP contribution in [0.15, 0.2) is 10.7 Å². The van der Waals surface area contributed by atoms with Gasteiger partial charge in [-0.1, -0.05) is 25.9 Å². The number of aromatic amines is 1. The van der Waals surface area contributed by atoms with E-state index in [0.717, 1.165) is 12.0 Å². The van der Waals surface area contributed by atoms with Crippen LogP contribution in [0.5, 0.6) is 0 Å². The number of amides is 1. The molecule has 0 aliphatic heterocycles. The fourth-order valence-electron chi connectivity index (χ4n) is 1.92. The summed E-state index contributed by atoms with van der Waals surface area (Å²) in [5.74, 6) is 1.12. The van der Waals surface area contributed by atoms with E-state index in [1.165, 1.54) is 0 Å². The standard InChI is InChI=1S/C13H18N4O2/c1-5-9-6-14-16-12(9)15-13(18)10-8(4)17-19-11(10)7(2)3/h6-7H,5H2,1-4H3,(H2,14,15,16,18). The van der Waals surface area contributed by atoms with Gasteiger partial charge in [-0.25, -0.2) is 0 Å². The maximum atomic E-state index is 12.3. The van der Waals surface area contributed by atoms with Crippen molar-refractivity contribution >= 4 is 11.7 Å². The van der Waals surface area contributed by atoms with Crippen LogP contribution in [0.3, 0.4) is 0 Å². The number of carbonyl (C=O) groups excluding carboxylic acids is 1. The highest BCUT2D eigenvalue weighted by atomic mass is 16.5. The molecule has 0 aliphatic rings. The van der Waals surface area contributed by atoms with Crippen LogP contribution in [0.4, 0.5) is 5.82 Å². The Kier molecular flexibility index (Phi) is 3.69. The number of anilines is 1. The third-order valence-electron chi connectivity index (χ3n) is 2.98. The SMILES string of the molecule is CCc1cn[nH]c1NC(=O)c1c(C)noc1C(C)C. The largest absolute Gasteiger partial charge is 0.360 e. The zero-order chi connectivity index (χ0) is 14.0. The summed E-state index contributed by atoms with van der Waals surface area (Å²) in [5, 5.41) is 13.4. The molecule has 6 nitrogen and oxygen atoms in total. The van der Waals surface area contributed by atoms with E-state index in [0.29, 0.717) is 22.8 Å². The molecule has 0 saturated heterocycles. The maximum Gasteiger partial charge on any atom is 0.262 e. The lowest BCUT2D eigenvalue weighted by Crippen LogP contribution is -2.16. The number of aryl methyl sites for hydroxylation is 2. The first-order valence-corrected chi connectivity index (χ1v) is 6.34. The van der Waals surface area contributed by atoms with Crippen LogP contribution in [-0.4, -0.2) is 21.3 Å². The normalized spacial score (nSPS) is 11.0. The zero-order valence-corrected chi connectivity index (χ0v) is 11.6. The minimum atomic E-state index is -0.221. The van der Waals surface area contributed by atoms with E-state index in [2.05, 4.69) is 20.7 Å². The molecule has 0 bridgehead atoms. The lowest BCUT2D eigenvalue weighted by atomic mass is 10.0. The average Bonchev–Trinajstić information content (AvgIpc) is 2.95. The van der Waals surface area contributed by atoms with E-state index in [-0.39, 0.29) is 11.8 Å². The predicted octanol–water partition coefficient (Wildman–Crippen LogP) is 2.64. The van der Waals surface area contributed by atoms with Gasteiger partial charge in [0.1, 0.15) is 11.4 Å². The number of nitrogens with zero attached hydrogens (tertiary/aromatic N) is 2. The summed E-state index contributed by atoms with van der Waals surface area (Å²) < 4.78 is 5.22. The van der Waals surface area contributed by atoms with Gasteiger partial charge in [0.05, 0.1) is 11.9 Å². The van der Waals surface area contributed by atoms with Crippen molar-refractivity contribution in [2.45, 2.75) is 40.0 Å². The van der Waals surface area contributed by atoms with Crippen molar-refractivity contribution in [1.29, 1.82) is 0 Å². The highest BCUT2D eigenvalue weighted by Crippen LogP contribution is 2.23. The van der Waals surface area contributed by atoms with E-state index in [4.69, 9.17) is 4.52 Å². The van der Waals surface area contributed by atoms with E-state index < -0.39 is 0 Å². The van der Waals surface area contributed by atoms with Crippen LogP contribution in [0.25, 0.3) is 0 Å². The van der Waals surface area contributed by atoms with Gasteiger partial charge in [-0.2, -0.15) is 5.10 Å². The summed E-state index contributed by atoms with van der Waals surface area (Å²) in [6.07, 6.45) is 2.51. The summed E-state index contributed by atoms with van der Waals surface area (Å²) in [4.78, 5) is 12.3. The van der Waals surface area contributed by atoms with Crippen LogP contribution in [0.1, 0.15) is 54.1 Å². The lowest BCUT2D eigenvalue weighted by molar-refractivity contribution is 0.102. The highest BCUT2D eigenvalue weighted by molar-refractivity contribution is 6.05. The molecular weight excluding hydrogens is 244 g/mol. The molecule has 0 radical (unpaired) electrons. The average molecular weight is 262 g/mol. The van der Waals surface area contributed by atoms with E-state index in [1.54, 1.807) is 13.1 Å². The summed E-state index contributed by atoms with van der Waals surface area (Å²) in [7, 11) is 0. The molecule has 2 heterocycles. The van der Waals surface area contributed by atoms with Gasteiger partial charge in [-0.3, -0.25) is 9.89 Å². The first kappa shape index (κ1) is 13.3. The molecule has 0 saturated carbocycles. The van der Waals surface area contributed by atoms with Crippen molar-refractivity contribution in [3.05, 3.63) is 28.8 Å². The molecule has 0 spiro atoms. The Hall–Kier alpha value is -2.11. The minimum absolute atomic E-state index is 0.106. The second-order valence-corrected chi connectivity index (χ2v) is 4.74. The topological polar surface area (TPSA) is 83.8 Å². The molecule has 2 rings (SSSR count). The van der Waals surface area contributed by atoms with Gasteiger partial charge < -0.3 is 9.84 Å². The van der Waals surface area contributed by atoms with Gasteiger partial charge in [0.25, 0.3) is 5.91 Å². The molecule has 6 heteroatoms. The van der Waals surface area contributed by atoms with Gasteiger partial charge in [-0.05, 0) is 13.3 Å². The molecule has 102 valence electrons. The quantitative estimate of drug-likeness (QED) is 0.887. The van der Waals surface area contributed by atoms with Crippen molar-refractivity contribution in [3.63, 3.8) is 0 Å². The fourth-order valence-corrected chi connectivity index (χ4v) is 1.92. The van der Waals surface area contributed by atoms with Crippen LogP contribution >= 0.6 is 0 Å². The molecule has 2 aromatic heterocycles. The molecule has 1 amide bonds. The summed E-state index contributed by atoms with van der Waals surface area (Å²) in [6.45, 7) is 7.69. The smallest absolute Gasteiger partial charge is 0.262 e. The number of hydrogen-bond donors (Lipinski definition) is 2. The second-order valence-electron chi connectivity index (χ2n) is 4.74. The van der Waals surface area contributed by atoms with Crippen LogP contribution in [0.2, 0.25) is 0 Å². The second kappa shape index (κ2) is 5.26. The Labute approximate surface area is 111 Å². The predicted molar refractivity (Wildman–Crippen MR) is 71.2 cm³/mol. The molecule has 19 heavy (non-hydrogen) atoms. The van der Waals surface area contributed by atoms with Crippen LogP contribution in [0, 0.1) is 6.92 Å². The van der Waals surface area contributed by atoms with Gasteiger partial charge >= 0.3 is 0 Å². The van der Waals surface area contributed by atoms with Gasteiger partial charge in [0, 0.05) is 11.5 Å². The van der Waals surface area contributed by atoms with Gasteiger partial charge in [-0.15, -0.1) is 0 Å². The van der Waals surface area contributed by atoms with E-state index in [9.17, 15) is 4.79 Å². The first-order valence-electron chi connectivity index (χ1n) is 6.34. The van der Waals surface area contributed by atoms with Gasteiger partial charge in [0.2, 0.25) is 0 Å². The molecular formula is C13H18N4O2. The third kappa shape index (κ3) is 2.52. The number of nitrogens with one attached hydrogen (secondary N) is 2. The Morgan fingerprint density at radius 2 is 2.26 bits per heavy atom. The molecule has 2 aromatic rings.